The first kappa shape index (κ1) is 18.4. The van der Waals surface area contributed by atoms with Crippen LogP contribution in [0, 0.1) is 0 Å². The van der Waals surface area contributed by atoms with Gasteiger partial charge < -0.3 is 4.74 Å². The molecule has 3 heterocycles. The van der Waals surface area contributed by atoms with Crippen LogP contribution in [-0.2, 0) is 0 Å². The number of thioether (sulfide) groups is 1. The third-order valence-electron chi connectivity index (χ3n) is 5.29. The predicted molar refractivity (Wildman–Crippen MR) is 113 cm³/mol. The molecule has 29 heavy (non-hydrogen) atoms. The summed E-state index contributed by atoms with van der Waals surface area (Å²) in [5.74, 6) is 1.65. The van der Waals surface area contributed by atoms with Gasteiger partial charge in [-0.1, -0.05) is 54.2 Å². The van der Waals surface area contributed by atoms with E-state index in [2.05, 4.69) is 58.3 Å². The van der Waals surface area contributed by atoms with E-state index in [0.717, 1.165) is 34.4 Å². The van der Waals surface area contributed by atoms with E-state index in [0.29, 0.717) is 0 Å². The van der Waals surface area contributed by atoms with Gasteiger partial charge in [0.25, 0.3) is 0 Å². The molecule has 7 nitrogen and oxygen atoms in total. The van der Waals surface area contributed by atoms with Crippen LogP contribution in [0.25, 0.3) is 0 Å². The van der Waals surface area contributed by atoms with Gasteiger partial charge in [-0.25, -0.2) is 10.9 Å². The van der Waals surface area contributed by atoms with Gasteiger partial charge in [-0.15, -0.1) is 10.2 Å². The van der Waals surface area contributed by atoms with Gasteiger partial charge in [-0.05, 0) is 31.0 Å². The topological polar surface area (TPSA) is 76.4 Å². The fourth-order valence-electron chi connectivity index (χ4n) is 3.77. The Hall–Kier alpha value is -2.68. The van der Waals surface area contributed by atoms with Crippen molar-refractivity contribution in [3.63, 3.8) is 0 Å². The average molecular weight is 407 g/mol. The summed E-state index contributed by atoms with van der Waals surface area (Å²) in [4.78, 5) is 0. The molecule has 3 aromatic rings. The van der Waals surface area contributed by atoms with Crippen molar-refractivity contribution in [1.82, 2.24) is 25.7 Å². The molecule has 0 saturated carbocycles. The number of fused-ring (bicyclic) bond motifs is 1. The summed E-state index contributed by atoms with van der Waals surface area (Å²) in [7, 11) is 1.68. The lowest BCUT2D eigenvalue weighted by atomic mass is 10.0. The largest absolute Gasteiger partial charge is 0.497 e. The Morgan fingerprint density at radius 1 is 1.03 bits per heavy atom. The summed E-state index contributed by atoms with van der Waals surface area (Å²) in [6.07, 6.45) is 0.881. The lowest BCUT2D eigenvalue weighted by Gasteiger charge is -2.21. The molecule has 148 valence electrons. The number of hydrogen-bond acceptors (Lipinski definition) is 7. The number of rotatable bonds is 4. The molecule has 2 aliphatic rings. The van der Waals surface area contributed by atoms with Crippen LogP contribution in [-0.4, -0.2) is 32.9 Å². The van der Waals surface area contributed by atoms with Gasteiger partial charge in [0.2, 0.25) is 5.16 Å². The zero-order valence-electron chi connectivity index (χ0n) is 16.2. The minimum Gasteiger partial charge on any atom is -0.497 e. The highest BCUT2D eigenvalue weighted by Crippen LogP contribution is 2.35. The van der Waals surface area contributed by atoms with Crippen LogP contribution in [0.2, 0.25) is 0 Å². The highest BCUT2D eigenvalue weighted by molar-refractivity contribution is 8.00. The summed E-state index contributed by atoms with van der Waals surface area (Å²) in [6, 6.07) is 18.7. The maximum Gasteiger partial charge on any atom is 0.212 e. The first-order valence-corrected chi connectivity index (χ1v) is 10.5. The number of aromatic nitrogens is 3. The molecule has 1 fully saturated rings. The first-order chi connectivity index (χ1) is 14.2. The van der Waals surface area contributed by atoms with E-state index in [-0.39, 0.29) is 17.3 Å². The van der Waals surface area contributed by atoms with Crippen LogP contribution in [0.3, 0.4) is 0 Å². The molecule has 3 unspecified atom stereocenters. The van der Waals surface area contributed by atoms with E-state index in [1.54, 1.807) is 18.9 Å². The van der Waals surface area contributed by atoms with E-state index in [1.807, 2.05) is 28.9 Å². The molecular weight excluding hydrogens is 384 g/mol. The van der Waals surface area contributed by atoms with Crippen molar-refractivity contribution in [2.75, 3.05) is 7.11 Å². The van der Waals surface area contributed by atoms with E-state index in [9.17, 15) is 0 Å². The predicted octanol–water partition coefficient (Wildman–Crippen LogP) is 3.31. The van der Waals surface area contributed by atoms with Gasteiger partial charge in [-0.3, -0.25) is 0 Å². The van der Waals surface area contributed by atoms with Crippen molar-refractivity contribution < 1.29 is 4.74 Å². The Balaban J connectivity index is 1.45. The number of benzene rings is 2. The fourth-order valence-corrected chi connectivity index (χ4v) is 4.70. The summed E-state index contributed by atoms with van der Waals surface area (Å²) in [5, 5.41) is 14.8. The lowest BCUT2D eigenvalue weighted by molar-refractivity contribution is 0.414. The van der Waals surface area contributed by atoms with Crippen LogP contribution in [0.1, 0.15) is 42.4 Å². The number of methoxy groups -OCH3 is 1. The smallest absolute Gasteiger partial charge is 0.212 e. The van der Waals surface area contributed by atoms with Gasteiger partial charge in [-0.2, -0.15) is 9.78 Å². The van der Waals surface area contributed by atoms with Crippen LogP contribution >= 0.6 is 11.8 Å². The molecule has 1 saturated heterocycles. The van der Waals surface area contributed by atoms with E-state index >= 15 is 0 Å². The SMILES string of the molecule is COc1cccc(C2=Nn3c(nnc3C3CC(c4ccccc4)NN3)SC2C)c1. The van der Waals surface area contributed by atoms with Crippen LogP contribution in [0.15, 0.2) is 64.9 Å². The highest BCUT2D eigenvalue weighted by atomic mass is 32.2. The maximum absolute atomic E-state index is 5.38. The number of nitrogens with one attached hydrogen (secondary N) is 2. The monoisotopic (exact) mass is 406 g/mol. The summed E-state index contributed by atoms with van der Waals surface area (Å²) in [5.41, 5.74) is 10.0. The van der Waals surface area contributed by atoms with E-state index in [4.69, 9.17) is 9.84 Å². The Morgan fingerprint density at radius 3 is 2.69 bits per heavy atom. The number of hydrogen-bond donors (Lipinski definition) is 2. The second-order valence-corrected chi connectivity index (χ2v) is 8.48. The molecule has 0 bridgehead atoms. The standard InChI is InChI=1S/C21H22N6OS/c1-13-19(15-9-6-10-16(11-15)28-2)26-27-20(24-25-21(27)29-13)18-12-17(22-23-18)14-7-4-3-5-8-14/h3-11,13,17-18,22-23H,12H2,1-2H3. The molecule has 0 aliphatic carbocycles. The quantitative estimate of drug-likeness (QED) is 0.692. The maximum atomic E-state index is 5.38. The van der Waals surface area contributed by atoms with Crippen LogP contribution in [0.4, 0.5) is 0 Å². The molecule has 8 heteroatoms. The minimum absolute atomic E-state index is 0.0331. The van der Waals surface area contributed by atoms with Gasteiger partial charge in [0, 0.05) is 11.6 Å². The number of ether oxygens (including phenoxy) is 1. The van der Waals surface area contributed by atoms with Gasteiger partial charge in [0.15, 0.2) is 5.82 Å². The first-order valence-electron chi connectivity index (χ1n) is 9.64. The molecule has 2 aliphatic heterocycles. The van der Waals surface area contributed by atoms with E-state index in [1.165, 1.54) is 5.56 Å². The van der Waals surface area contributed by atoms with Crippen LogP contribution in [0.5, 0.6) is 5.75 Å². The van der Waals surface area contributed by atoms with E-state index < -0.39 is 0 Å². The molecule has 0 amide bonds. The normalized spacial score (nSPS) is 23.5. The molecular formula is C21H22N6OS. The van der Waals surface area contributed by atoms with Gasteiger partial charge in [0.1, 0.15) is 5.75 Å². The molecule has 0 spiro atoms. The summed E-state index contributed by atoms with van der Waals surface area (Å²) >= 11 is 1.67. The van der Waals surface area contributed by atoms with Crippen molar-refractivity contribution >= 4 is 17.5 Å². The molecule has 2 N–H and O–H groups in total. The zero-order valence-corrected chi connectivity index (χ0v) is 17.1. The average Bonchev–Trinajstić information content (AvgIpc) is 3.40. The molecule has 0 radical (unpaired) electrons. The minimum atomic E-state index is 0.0331. The second kappa shape index (κ2) is 7.62. The van der Waals surface area contributed by atoms with Crippen molar-refractivity contribution in [3.05, 3.63) is 71.5 Å². The Kier molecular flexibility index (Phi) is 4.83. The Morgan fingerprint density at radius 2 is 1.86 bits per heavy atom. The van der Waals surface area contributed by atoms with Gasteiger partial charge in [0.05, 0.1) is 24.1 Å². The van der Waals surface area contributed by atoms with Gasteiger partial charge >= 0.3 is 0 Å². The van der Waals surface area contributed by atoms with Crippen molar-refractivity contribution in [2.24, 2.45) is 5.10 Å². The summed E-state index contributed by atoms with van der Waals surface area (Å²) in [6.45, 7) is 2.14. The number of nitrogens with zero attached hydrogens (tertiary/aromatic N) is 4. The van der Waals surface area contributed by atoms with Crippen molar-refractivity contribution in [2.45, 2.75) is 35.8 Å². The third-order valence-corrected chi connectivity index (χ3v) is 6.34. The van der Waals surface area contributed by atoms with Crippen molar-refractivity contribution in [3.8, 4) is 5.75 Å². The Bertz CT molecular complexity index is 1050. The molecule has 2 aromatic carbocycles. The Labute approximate surface area is 173 Å². The fraction of sp³-hybridized carbons (Fsp3) is 0.286. The second-order valence-electron chi connectivity index (χ2n) is 7.17. The van der Waals surface area contributed by atoms with Crippen molar-refractivity contribution in [1.29, 1.82) is 0 Å². The molecule has 5 rings (SSSR count). The highest BCUT2D eigenvalue weighted by Gasteiger charge is 2.33. The molecule has 3 atom stereocenters. The third kappa shape index (κ3) is 3.43. The lowest BCUT2D eigenvalue weighted by Crippen LogP contribution is -2.28. The summed E-state index contributed by atoms with van der Waals surface area (Å²) < 4.78 is 7.26. The number of hydrazine groups is 1. The zero-order chi connectivity index (χ0) is 19.8. The molecule has 1 aromatic heterocycles. The van der Waals surface area contributed by atoms with Crippen LogP contribution < -0.4 is 15.6 Å².